The molecule has 0 spiro atoms. The van der Waals surface area contributed by atoms with Crippen LogP contribution in [0.3, 0.4) is 0 Å². The summed E-state index contributed by atoms with van der Waals surface area (Å²) in [6.07, 6.45) is 1.14. The van der Waals surface area contributed by atoms with E-state index in [-0.39, 0.29) is 0 Å². The largest absolute Gasteiger partial charge is 0.486 e. The van der Waals surface area contributed by atoms with Gasteiger partial charge in [0.25, 0.3) is 0 Å². The molecular formula is C15H19BrN2OS. The van der Waals surface area contributed by atoms with Crippen LogP contribution in [0.5, 0.6) is 5.75 Å². The molecule has 20 heavy (non-hydrogen) atoms. The lowest BCUT2D eigenvalue weighted by Gasteiger charge is -2.09. The van der Waals surface area contributed by atoms with Crippen molar-refractivity contribution in [2.45, 2.75) is 33.4 Å². The van der Waals surface area contributed by atoms with Gasteiger partial charge < -0.3 is 10.1 Å². The molecule has 2 rings (SSSR count). The van der Waals surface area contributed by atoms with Gasteiger partial charge in [-0.3, -0.25) is 0 Å². The van der Waals surface area contributed by atoms with E-state index in [2.05, 4.69) is 39.2 Å². The Kier molecular flexibility index (Phi) is 6.01. The molecule has 3 nitrogen and oxygen atoms in total. The third kappa shape index (κ3) is 4.58. The average Bonchev–Trinajstić information content (AvgIpc) is 2.85. The first kappa shape index (κ1) is 15.5. The zero-order chi connectivity index (χ0) is 14.4. The Hall–Kier alpha value is -0.910. The Morgan fingerprint density at radius 3 is 2.95 bits per heavy atom. The third-order valence-electron chi connectivity index (χ3n) is 2.79. The number of nitrogens with one attached hydrogen (secondary N) is 1. The van der Waals surface area contributed by atoms with Crippen LogP contribution in [-0.2, 0) is 13.2 Å². The van der Waals surface area contributed by atoms with E-state index in [1.165, 1.54) is 5.56 Å². The van der Waals surface area contributed by atoms with Gasteiger partial charge in [0.15, 0.2) is 0 Å². The molecule has 0 aliphatic carbocycles. The van der Waals surface area contributed by atoms with Gasteiger partial charge >= 0.3 is 0 Å². The van der Waals surface area contributed by atoms with E-state index in [9.17, 15) is 0 Å². The summed E-state index contributed by atoms with van der Waals surface area (Å²) in [4.78, 5) is 4.40. The Bertz CT molecular complexity index is 557. The van der Waals surface area contributed by atoms with Crippen LogP contribution in [0, 0.1) is 6.92 Å². The summed E-state index contributed by atoms with van der Waals surface area (Å²) in [6, 6.07) is 6.09. The summed E-state index contributed by atoms with van der Waals surface area (Å²) >= 11 is 5.21. The molecule has 0 bridgehead atoms. The van der Waals surface area contributed by atoms with Crippen LogP contribution in [0.25, 0.3) is 0 Å². The molecule has 0 unspecified atom stereocenters. The number of hydrogen-bond donors (Lipinski definition) is 1. The van der Waals surface area contributed by atoms with Gasteiger partial charge in [0.2, 0.25) is 0 Å². The first-order valence-electron chi connectivity index (χ1n) is 6.72. The molecular weight excluding hydrogens is 336 g/mol. The Labute approximate surface area is 132 Å². The first-order valence-corrected chi connectivity index (χ1v) is 8.39. The number of benzene rings is 1. The van der Waals surface area contributed by atoms with Crippen molar-refractivity contribution in [2.75, 3.05) is 6.54 Å². The van der Waals surface area contributed by atoms with Gasteiger partial charge in [0, 0.05) is 22.1 Å². The maximum absolute atomic E-state index is 5.81. The molecule has 0 fully saturated rings. The van der Waals surface area contributed by atoms with E-state index < -0.39 is 0 Å². The molecule has 0 saturated carbocycles. The number of rotatable bonds is 7. The number of ether oxygens (including phenoxy) is 1. The summed E-state index contributed by atoms with van der Waals surface area (Å²) < 4.78 is 6.92. The topological polar surface area (TPSA) is 34.1 Å². The minimum atomic E-state index is 0.530. The maximum atomic E-state index is 5.81. The number of aromatic nitrogens is 1. The second-order valence-electron chi connectivity index (χ2n) is 4.60. The molecule has 1 heterocycles. The van der Waals surface area contributed by atoms with Crippen LogP contribution in [0.2, 0.25) is 0 Å². The first-order chi connectivity index (χ1) is 9.69. The van der Waals surface area contributed by atoms with Gasteiger partial charge in [-0.15, -0.1) is 11.3 Å². The maximum Gasteiger partial charge on any atom is 0.140 e. The highest BCUT2D eigenvalue weighted by atomic mass is 79.9. The summed E-state index contributed by atoms with van der Waals surface area (Å²) in [6.45, 7) is 6.56. The van der Waals surface area contributed by atoms with E-state index in [0.29, 0.717) is 6.61 Å². The molecule has 108 valence electrons. The van der Waals surface area contributed by atoms with Crippen molar-refractivity contribution in [1.29, 1.82) is 0 Å². The Balaban J connectivity index is 1.95. The van der Waals surface area contributed by atoms with E-state index in [1.807, 2.05) is 24.4 Å². The van der Waals surface area contributed by atoms with Crippen LogP contribution in [-0.4, -0.2) is 11.5 Å². The van der Waals surface area contributed by atoms with Gasteiger partial charge in [0.05, 0.1) is 0 Å². The van der Waals surface area contributed by atoms with Crippen LogP contribution in [0.4, 0.5) is 0 Å². The fourth-order valence-electron chi connectivity index (χ4n) is 1.79. The van der Waals surface area contributed by atoms with Gasteiger partial charge in [-0.1, -0.05) is 22.9 Å². The van der Waals surface area contributed by atoms with Crippen molar-refractivity contribution in [3.63, 3.8) is 0 Å². The lowest BCUT2D eigenvalue weighted by molar-refractivity contribution is 0.305. The molecule has 1 N–H and O–H groups in total. The summed E-state index contributed by atoms with van der Waals surface area (Å²) in [5.41, 5.74) is 2.26. The number of nitrogens with zero attached hydrogens (tertiary/aromatic N) is 1. The zero-order valence-corrected chi connectivity index (χ0v) is 14.2. The normalized spacial score (nSPS) is 10.8. The van der Waals surface area contributed by atoms with Gasteiger partial charge in [-0.25, -0.2) is 4.98 Å². The molecule has 0 radical (unpaired) electrons. The second-order valence-corrected chi connectivity index (χ2v) is 6.40. The van der Waals surface area contributed by atoms with E-state index in [1.54, 1.807) is 11.3 Å². The molecule has 2 aromatic rings. The van der Waals surface area contributed by atoms with Gasteiger partial charge in [-0.05, 0) is 43.7 Å². The highest BCUT2D eigenvalue weighted by Crippen LogP contribution is 2.23. The fourth-order valence-corrected chi connectivity index (χ4v) is 2.86. The minimum Gasteiger partial charge on any atom is -0.486 e. The van der Waals surface area contributed by atoms with Crippen molar-refractivity contribution in [2.24, 2.45) is 0 Å². The van der Waals surface area contributed by atoms with Crippen molar-refractivity contribution in [3.05, 3.63) is 44.3 Å². The van der Waals surface area contributed by atoms with E-state index >= 15 is 0 Å². The molecule has 0 aliphatic heterocycles. The zero-order valence-electron chi connectivity index (χ0n) is 11.8. The molecule has 0 amide bonds. The smallest absolute Gasteiger partial charge is 0.140 e. The number of thiazole rings is 1. The predicted molar refractivity (Wildman–Crippen MR) is 87.3 cm³/mol. The third-order valence-corrected chi connectivity index (χ3v) is 4.50. The van der Waals surface area contributed by atoms with E-state index in [0.717, 1.165) is 40.4 Å². The highest BCUT2D eigenvalue weighted by molar-refractivity contribution is 9.10. The van der Waals surface area contributed by atoms with Crippen molar-refractivity contribution >= 4 is 27.3 Å². The quantitative estimate of drug-likeness (QED) is 0.753. The SMILES string of the molecule is CCCNCc1cc(OCc2nc(C)cs2)ccc1Br. The molecule has 0 atom stereocenters. The molecule has 0 saturated heterocycles. The monoisotopic (exact) mass is 354 g/mol. The predicted octanol–water partition coefficient (Wildman–Crippen LogP) is 4.29. The number of aryl methyl sites for hydroxylation is 1. The van der Waals surface area contributed by atoms with Crippen LogP contribution >= 0.6 is 27.3 Å². The van der Waals surface area contributed by atoms with Gasteiger partial charge in [0.1, 0.15) is 17.4 Å². The lowest BCUT2D eigenvalue weighted by atomic mass is 10.2. The van der Waals surface area contributed by atoms with Crippen molar-refractivity contribution < 1.29 is 4.74 Å². The highest BCUT2D eigenvalue weighted by Gasteiger charge is 2.04. The summed E-state index contributed by atoms with van der Waals surface area (Å²) in [5, 5.41) is 6.45. The summed E-state index contributed by atoms with van der Waals surface area (Å²) in [5.74, 6) is 0.884. The van der Waals surface area contributed by atoms with E-state index in [4.69, 9.17) is 4.74 Å². The molecule has 1 aromatic heterocycles. The fraction of sp³-hybridized carbons (Fsp3) is 0.400. The van der Waals surface area contributed by atoms with Crippen LogP contribution < -0.4 is 10.1 Å². The minimum absolute atomic E-state index is 0.530. The van der Waals surface area contributed by atoms with Crippen molar-refractivity contribution in [1.82, 2.24) is 10.3 Å². The Morgan fingerprint density at radius 2 is 2.25 bits per heavy atom. The average molecular weight is 355 g/mol. The standard InChI is InChI=1S/C15H19BrN2OS/c1-3-6-17-8-12-7-13(4-5-14(12)16)19-9-15-18-11(2)10-20-15/h4-5,7,10,17H,3,6,8-9H2,1-2H3. The summed E-state index contributed by atoms with van der Waals surface area (Å²) in [7, 11) is 0. The number of hydrogen-bond acceptors (Lipinski definition) is 4. The van der Waals surface area contributed by atoms with Crippen LogP contribution in [0.1, 0.15) is 29.6 Å². The van der Waals surface area contributed by atoms with Crippen LogP contribution in [0.15, 0.2) is 28.1 Å². The number of halogens is 1. The van der Waals surface area contributed by atoms with Gasteiger partial charge in [-0.2, -0.15) is 0 Å². The lowest BCUT2D eigenvalue weighted by Crippen LogP contribution is -2.14. The Morgan fingerprint density at radius 1 is 1.40 bits per heavy atom. The van der Waals surface area contributed by atoms with Crippen molar-refractivity contribution in [3.8, 4) is 5.75 Å². The second kappa shape index (κ2) is 7.76. The molecule has 1 aromatic carbocycles. The molecule has 0 aliphatic rings. The molecule has 5 heteroatoms.